The fourth-order valence-electron chi connectivity index (χ4n) is 5.30. The molecule has 2 aliphatic rings. The number of nitrogens with zero attached hydrogens (tertiary/aromatic N) is 5. The van der Waals surface area contributed by atoms with Gasteiger partial charge in [-0.3, -0.25) is 4.90 Å². The first-order chi connectivity index (χ1) is 20.1. The van der Waals surface area contributed by atoms with Gasteiger partial charge in [-0.2, -0.15) is 13.2 Å². The van der Waals surface area contributed by atoms with E-state index in [1.54, 1.807) is 6.07 Å². The van der Waals surface area contributed by atoms with Gasteiger partial charge in [0.15, 0.2) is 11.3 Å². The van der Waals surface area contributed by atoms with Crippen molar-refractivity contribution in [1.29, 1.82) is 0 Å². The Labute approximate surface area is 237 Å². The van der Waals surface area contributed by atoms with Gasteiger partial charge in [-0.1, -0.05) is 12.1 Å². The number of imidazole rings is 1. The van der Waals surface area contributed by atoms with Gasteiger partial charge in [-0.25, -0.2) is 24.1 Å². The van der Waals surface area contributed by atoms with Crippen LogP contribution in [0, 0.1) is 5.82 Å². The number of pyridine rings is 2. The van der Waals surface area contributed by atoms with Gasteiger partial charge < -0.3 is 19.1 Å². The summed E-state index contributed by atoms with van der Waals surface area (Å²) in [5.41, 5.74) is 1.41. The van der Waals surface area contributed by atoms with Gasteiger partial charge in [0.25, 0.3) is 0 Å². The Kier molecular flexibility index (Phi) is 7.31. The lowest BCUT2D eigenvalue weighted by atomic mass is 9.97. The second kappa shape index (κ2) is 11.0. The van der Waals surface area contributed by atoms with E-state index in [0.29, 0.717) is 66.5 Å². The minimum absolute atomic E-state index is 0.0424. The van der Waals surface area contributed by atoms with E-state index in [-0.39, 0.29) is 24.4 Å². The molecule has 42 heavy (non-hydrogen) atoms. The van der Waals surface area contributed by atoms with Crippen molar-refractivity contribution in [3.63, 3.8) is 0 Å². The van der Waals surface area contributed by atoms with Crippen LogP contribution in [0.1, 0.15) is 58.1 Å². The standard InChI is InChI=1S/C29H27F4N5O4/c1-16-25-18(12-21(29(31,32)33)27(36-25)42-15-17-2-4-19(30)5-3-17)8-10-37(16)14-24-34-22-6-7-23(28(39)40)35-26(22)38(24)13-20-9-11-41-20/h2-7,12,16,20H,8-11,13-15H2,1H3,(H,39,40)/t16-,20-/m0/s1. The summed E-state index contributed by atoms with van der Waals surface area (Å²) in [6.45, 7) is 3.56. The third-order valence-electron chi connectivity index (χ3n) is 7.72. The number of aromatic carboxylic acids is 1. The lowest BCUT2D eigenvalue weighted by Crippen LogP contribution is -2.36. The first-order valence-electron chi connectivity index (χ1n) is 13.5. The van der Waals surface area contributed by atoms with Gasteiger partial charge >= 0.3 is 12.1 Å². The van der Waals surface area contributed by atoms with Gasteiger partial charge in [-0.05, 0) is 61.2 Å². The van der Waals surface area contributed by atoms with Crippen LogP contribution in [-0.4, -0.2) is 54.8 Å². The second-order valence-electron chi connectivity index (χ2n) is 10.5. The number of carboxylic acids is 1. The SMILES string of the molecule is C[C@H]1c2nc(OCc3ccc(F)cc3)c(C(F)(F)F)cc2CCN1Cc1nc2ccc(C(=O)O)nc2n1C[C@@H]1CCO1. The Morgan fingerprint density at radius 3 is 2.57 bits per heavy atom. The molecule has 0 amide bonds. The summed E-state index contributed by atoms with van der Waals surface area (Å²) in [5, 5.41) is 9.45. The largest absolute Gasteiger partial charge is 0.477 e. The number of hydrogen-bond donors (Lipinski definition) is 1. The summed E-state index contributed by atoms with van der Waals surface area (Å²) in [6.07, 6.45) is -3.52. The first kappa shape index (κ1) is 28.0. The Morgan fingerprint density at radius 1 is 1.14 bits per heavy atom. The molecule has 1 saturated heterocycles. The molecule has 13 heteroatoms. The van der Waals surface area contributed by atoms with E-state index in [9.17, 15) is 27.5 Å². The topological polar surface area (TPSA) is 103 Å². The average Bonchev–Trinajstić information content (AvgIpc) is 3.27. The average molecular weight is 586 g/mol. The summed E-state index contributed by atoms with van der Waals surface area (Å²) < 4.78 is 68.2. The van der Waals surface area contributed by atoms with Gasteiger partial charge in [0.05, 0.1) is 30.9 Å². The van der Waals surface area contributed by atoms with Gasteiger partial charge in [0.1, 0.15) is 29.3 Å². The number of benzene rings is 1. The van der Waals surface area contributed by atoms with Crippen molar-refractivity contribution < 1.29 is 36.9 Å². The predicted octanol–water partition coefficient (Wildman–Crippen LogP) is 5.17. The van der Waals surface area contributed by atoms with Crippen molar-refractivity contribution in [3.8, 4) is 5.88 Å². The summed E-state index contributed by atoms with van der Waals surface area (Å²) in [5.74, 6) is -1.49. The maximum absolute atomic E-state index is 14.0. The van der Waals surface area contributed by atoms with E-state index in [1.807, 2.05) is 11.5 Å². The van der Waals surface area contributed by atoms with Gasteiger partial charge in [-0.15, -0.1) is 0 Å². The number of hydrogen-bond acceptors (Lipinski definition) is 7. The Bertz CT molecular complexity index is 1640. The monoisotopic (exact) mass is 585 g/mol. The Balaban J connectivity index is 1.30. The predicted molar refractivity (Wildman–Crippen MR) is 141 cm³/mol. The van der Waals surface area contributed by atoms with Gasteiger partial charge in [0, 0.05) is 13.2 Å². The molecule has 2 atom stereocenters. The summed E-state index contributed by atoms with van der Waals surface area (Å²) in [4.78, 5) is 27.0. The molecule has 0 saturated carbocycles. The van der Waals surface area contributed by atoms with Crippen LogP contribution in [0.15, 0.2) is 42.5 Å². The highest BCUT2D eigenvalue weighted by atomic mass is 19.4. The quantitative estimate of drug-likeness (QED) is 0.283. The third kappa shape index (κ3) is 5.53. The number of rotatable bonds is 8. The van der Waals surface area contributed by atoms with Crippen LogP contribution < -0.4 is 4.74 Å². The molecule has 9 nitrogen and oxygen atoms in total. The highest BCUT2D eigenvalue weighted by Crippen LogP contribution is 2.40. The number of carboxylic acid groups (broad SMARTS) is 1. The lowest BCUT2D eigenvalue weighted by Gasteiger charge is -2.35. The number of ether oxygens (including phenoxy) is 2. The van der Waals surface area contributed by atoms with Gasteiger partial charge in [0.2, 0.25) is 5.88 Å². The Morgan fingerprint density at radius 2 is 1.90 bits per heavy atom. The van der Waals surface area contributed by atoms with E-state index in [1.165, 1.54) is 30.3 Å². The molecule has 0 spiro atoms. The number of alkyl halides is 3. The maximum Gasteiger partial charge on any atom is 0.421 e. The molecule has 2 aliphatic heterocycles. The second-order valence-corrected chi connectivity index (χ2v) is 10.5. The van der Waals surface area contributed by atoms with Crippen molar-refractivity contribution in [3.05, 3.63) is 82.2 Å². The number of fused-ring (bicyclic) bond motifs is 2. The van der Waals surface area contributed by atoms with Crippen molar-refractivity contribution in [2.75, 3.05) is 13.2 Å². The molecule has 1 N–H and O–H groups in total. The fourth-order valence-corrected chi connectivity index (χ4v) is 5.30. The highest BCUT2D eigenvalue weighted by Gasteiger charge is 2.38. The Hall–Kier alpha value is -4.10. The van der Waals surface area contributed by atoms with Crippen LogP contribution in [0.5, 0.6) is 5.88 Å². The summed E-state index contributed by atoms with van der Waals surface area (Å²) in [7, 11) is 0. The molecule has 3 aromatic heterocycles. The van der Waals surface area contributed by atoms with Crippen molar-refractivity contribution in [1.82, 2.24) is 24.4 Å². The molecule has 1 fully saturated rings. The molecule has 220 valence electrons. The molecule has 4 aromatic rings. The van der Waals surface area contributed by atoms with Crippen LogP contribution in [0.2, 0.25) is 0 Å². The highest BCUT2D eigenvalue weighted by molar-refractivity contribution is 5.88. The summed E-state index contributed by atoms with van der Waals surface area (Å²) >= 11 is 0. The number of halogens is 4. The number of aromatic nitrogens is 4. The smallest absolute Gasteiger partial charge is 0.421 e. The summed E-state index contributed by atoms with van der Waals surface area (Å²) in [6, 6.07) is 9.07. The molecule has 5 heterocycles. The molecule has 6 rings (SSSR count). The van der Waals surface area contributed by atoms with Crippen LogP contribution in [0.4, 0.5) is 17.6 Å². The molecular formula is C29H27F4N5O4. The van der Waals surface area contributed by atoms with Crippen LogP contribution in [-0.2, 0) is 37.0 Å². The van der Waals surface area contributed by atoms with E-state index in [4.69, 9.17) is 14.5 Å². The van der Waals surface area contributed by atoms with E-state index in [2.05, 4.69) is 14.9 Å². The minimum atomic E-state index is -4.67. The zero-order valence-electron chi connectivity index (χ0n) is 22.6. The van der Waals surface area contributed by atoms with Crippen molar-refractivity contribution in [2.24, 2.45) is 0 Å². The molecule has 0 unspecified atom stereocenters. The molecular weight excluding hydrogens is 558 g/mol. The molecule has 0 bridgehead atoms. The fraction of sp³-hybridized carbons (Fsp3) is 0.379. The van der Waals surface area contributed by atoms with Crippen molar-refractivity contribution >= 4 is 17.1 Å². The van der Waals surface area contributed by atoms with Crippen LogP contribution in [0.25, 0.3) is 11.2 Å². The maximum atomic E-state index is 14.0. The van der Waals surface area contributed by atoms with Crippen LogP contribution in [0.3, 0.4) is 0 Å². The van der Waals surface area contributed by atoms with Crippen molar-refractivity contribution in [2.45, 2.75) is 57.8 Å². The van der Waals surface area contributed by atoms with E-state index in [0.717, 1.165) is 12.5 Å². The van der Waals surface area contributed by atoms with E-state index < -0.39 is 29.4 Å². The number of carbonyl (C=O) groups is 1. The minimum Gasteiger partial charge on any atom is -0.477 e. The zero-order valence-corrected chi connectivity index (χ0v) is 22.6. The molecule has 0 aliphatic carbocycles. The lowest BCUT2D eigenvalue weighted by molar-refractivity contribution is -0.139. The first-order valence-corrected chi connectivity index (χ1v) is 13.5. The third-order valence-corrected chi connectivity index (χ3v) is 7.72. The van der Waals surface area contributed by atoms with E-state index >= 15 is 0 Å². The van der Waals surface area contributed by atoms with Crippen LogP contribution >= 0.6 is 0 Å². The zero-order chi connectivity index (χ0) is 29.6. The normalized spacial score (nSPS) is 19.0. The molecule has 0 radical (unpaired) electrons. The molecule has 1 aromatic carbocycles.